The number of phenolic OH excluding ortho intramolecular Hbond substituents is 2. The molecule has 0 saturated carbocycles. The van der Waals surface area contributed by atoms with Crippen LogP contribution in [0.1, 0.15) is 44.4 Å². The molecular weight excluding hydrogens is 430 g/mol. The first kappa shape index (κ1) is 20.7. The van der Waals surface area contributed by atoms with Gasteiger partial charge in [0, 0.05) is 40.4 Å². The Balaban J connectivity index is 1.49. The highest BCUT2D eigenvalue weighted by Crippen LogP contribution is 2.47. The summed E-state index contributed by atoms with van der Waals surface area (Å²) in [6, 6.07) is 20.0. The van der Waals surface area contributed by atoms with Crippen molar-refractivity contribution in [1.29, 1.82) is 0 Å². The van der Waals surface area contributed by atoms with Gasteiger partial charge in [-0.2, -0.15) is 0 Å². The van der Waals surface area contributed by atoms with E-state index >= 15 is 0 Å². The zero-order valence-electron chi connectivity index (χ0n) is 19.9. The minimum absolute atomic E-state index is 0.103. The number of hydrogen-bond acceptors (Lipinski definition) is 5. The van der Waals surface area contributed by atoms with Crippen LogP contribution in [0.15, 0.2) is 71.6 Å². The van der Waals surface area contributed by atoms with Gasteiger partial charge in [0.25, 0.3) is 0 Å². The second-order valence-electron chi connectivity index (χ2n) is 8.68. The lowest BCUT2D eigenvalue weighted by molar-refractivity contribution is 0.191. The van der Waals surface area contributed by atoms with Crippen molar-refractivity contribution in [2.45, 2.75) is 36.5 Å². The molecule has 1 saturated heterocycles. The Morgan fingerprint density at radius 1 is 1.00 bits per heavy atom. The molecule has 0 spiro atoms. The number of fused-ring (bicyclic) bond motifs is 1. The van der Waals surface area contributed by atoms with Crippen LogP contribution in [0.3, 0.4) is 0 Å². The number of benzene rings is 3. The van der Waals surface area contributed by atoms with Crippen LogP contribution in [-0.2, 0) is 0 Å². The Labute approximate surface area is 200 Å². The van der Waals surface area contributed by atoms with E-state index in [1.807, 2.05) is 49.0 Å². The van der Waals surface area contributed by atoms with E-state index in [1.165, 1.54) is 11.3 Å². The fourth-order valence-electron chi connectivity index (χ4n) is 4.52. The number of aromatic hydroxyl groups is 2. The number of phenols is 2. The fraction of sp³-hybridized carbons (Fsp3) is 0.286. The van der Waals surface area contributed by atoms with Gasteiger partial charge in [-0.25, -0.2) is 0 Å². The van der Waals surface area contributed by atoms with Gasteiger partial charge in [0.1, 0.15) is 23.3 Å². The van der Waals surface area contributed by atoms with Crippen molar-refractivity contribution in [2.75, 3.05) is 19.6 Å². The molecule has 2 aliphatic heterocycles. The first-order valence-electron chi connectivity index (χ1n) is 11.9. The second kappa shape index (κ2) is 9.16. The summed E-state index contributed by atoms with van der Waals surface area (Å²) in [4.78, 5) is 3.67. The minimum Gasteiger partial charge on any atom is -0.508 e. The molecule has 1 unspecified atom stereocenters. The van der Waals surface area contributed by atoms with E-state index in [9.17, 15) is 11.6 Å². The maximum Gasteiger partial charge on any atom is 0.150 e. The molecular formula is C28H29NO3S. The highest BCUT2D eigenvalue weighted by Gasteiger charge is 2.30. The van der Waals surface area contributed by atoms with Gasteiger partial charge in [-0.1, -0.05) is 31.2 Å². The van der Waals surface area contributed by atoms with E-state index in [4.69, 9.17) is 4.74 Å². The van der Waals surface area contributed by atoms with Crippen molar-refractivity contribution < 1.29 is 16.3 Å². The molecule has 170 valence electrons. The summed E-state index contributed by atoms with van der Waals surface area (Å²) < 4.78 is 15.9. The molecule has 3 aromatic rings. The number of thioether (sulfide) groups is 1. The Kier molecular flexibility index (Phi) is 5.75. The van der Waals surface area contributed by atoms with Crippen LogP contribution in [0.25, 0.3) is 11.1 Å². The van der Waals surface area contributed by atoms with Gasteiger partial charge < -0.3 is 19.8 Å². The molecule has 5 heteroatoms. The van der Waals surface area contributed by atoms with E-state index in [1.54, 1.807) is 24.3 Å². The lowest BCUT2D eigenvalue weighted by Gasteiger charge is -2.38. The molecule has 5 rings (SSSR count). The Hall–Kier alpha value is -2.89. The second-order valence-corrected chi connectivity index (χ2v) is 10.1. The fourth-order valence-corrected chi connectivity index (χ4v) is 5.77. The van der Waals surface area contributed by atoms with Crippen molar-refractivity contribution in [3.8, 4) is 17.2 Å². The van der Waals surface area contributed by atoms with Gasteiger partial charge >= 0.3 is 0 Å². The average molecular weight is 461 g/mol. The molecule has 2 N–H and O–H groups in total. The van der Waals surface area contributed by atoms with Gasteiger partial charge in [-0.05, 0) is 73.0 Å². The van der Waals surface area contributed by atoms with Crippen LogP contribution in [0.2, 0.25) is 0 Å². The van der Waals surface area contributed by atoms with Crippen molar-refractivity contribution in [3.63, 3.8) is 0 Å². The van der Waals surface area contributed by atoms with Crippen LogP contribution < -0.4 is 4.74 Å². The summed E-state index contributed by atoms with van der Waals surface area (Å²) in [6.45, 7) is 7.60. The van der Waals surface area contributed by atoms with Gasteiger partial charge in [-0.3, -0.25) is 0 Å². The summed E-state index contributed by atoms with van der Waals surface area (Å²) in [5.74, 6) is 0.764. The molecule has 0 bridgehead atoms. The molecule has 2 heterocycles. The van der Waals surface area contributed by atoms with Crippen molar-refractivity contribution in [1.82, 2.24) is 4.90 Å². The number of allylic oxidation sites excluding steroid dienone is 1. The zero-order chi connectivity index (χ0) is 23.9. The largest absolute Gasteiger partial charge is 0.508 e. The maximum atomic E-state index is 10.0. The van der Waals surface area contributed by atoms with Gasteiger partial charge in [0.2, 0.25) is 0 Å². The Morgan fingerprint density at radius 3 is 2.39 bits per heavy atom. The van der Waals surface area contributed by atoms with Crippen molar-refractivity contribution >= 4 is 22.9 Å². The van der Waals surface area contributed by atoms with Crippen molar-refractivity contribution in [2.24, 2.45) is 0 Å². The zero-order valence-corrected chi connectivity index (χ0v) is 19.7. The highest BCUT2D eigenvalue weighted by molar-refractivity contribution is 8.00. The van der Waals surface area contributed by atoms with E-state index in [0.717, 1.165) is 47.5 Å². The molecule has 4 nitrogen and oxygen atoms in total. The van der Waals surface area contributed by atoms with Gasteiger partial charge in [-0.15, -0.1) is 11.8 Å². The van der Waals surface area contributed by atoms with Gasteiger partial charge in [0.05, 0.1) is 1.37 Å². The van der Waals surface area contributed by atoms with E-state index in [-0.39, 0.29) is 11.5 Å². The Morgan fingerprint density at radius 2 is 1.70 bits per heavy atom. The summed E-state index contributed by atoms with van der Waals surface area (Å²) >= 11 is 1.89. The minimum atomic E-state index is -1.50. The van der Waals surface area contributed by atoms with Crippen LogP contribution in [0.5, 0.6) is 17.2 Å². The molecule has 2 aliphatic rings. The van der Waals surface area contributed by atoms with Crippen LogP contribution in [-0.4, -0.2) is 40.0 Å². The third-order valence-corrected chi connectivity index (χ3v) is 7.40. The molecule has 1 atom stereocenters. The summed E-state index contributed by atoms with van der Waals surface area (Å²) in [7, 11) is 0. The molecule has 33 heavy (non-hydrogen) atoms. The lowest BCUT2D eigenvalue weighted by Crippen LogP contribution is -2.48. The van der Waals surface area contributed by atoms with E-state index in [0.29, 0.717) is 11.0 Å². The van der Waals surface area contributed by atoms with E-state index < -0.39 is 6.08 Å². The normalized spacial score (nSPS) is 21.2. The monoisotopic (exact) mass is 460 g/mol. The van der Waals surface area contributed by atoms with Crippen LogP contribution in [0, 0.1) is 0 Å². The summed E-state index contributed by atoms with van der Waals surface area (Å²) in [5, 5.41) is 20.5. The third-order valence-electron chi connectivity index (χ3n) is 6.22. The first-order chi connectivity index (χ1) is 16.4. The molecule has 0 aromatic heterocycles. The molecule has 0 radical (unpaired) electrons. The number of likely N-dealkylation sites (tertiary alicyclic amines) is 1. The predicted octanol–water partition coefficient (Wildman–Crippen LogP) is 6.35. The lowest BCUT2D eigenvalue weighted by atomic mass is 9.86. The summed E-state index contributed by atoms with van der Waals surface area (Å²) in [5.41, 5.74) is 4.01. The highest BCUT2D eigenvalue weighted by atomic mass is 32.2. The Bertz CT molecular complexity index is 1220. The number of rotatable bonds is 6. The predicted molar refractivity (Wildman–Crippen MR) is 135 cm³/mol. The quantitative estimate of drug-likeness (QED) is 0.449. The number of ether oxygens (including phenoxy) is 1. The number of hydrogen-bond donors (Lipinski definition) is 2. The van der Waals surface area contributed by atoms with Crippen molar-refractivity contribution in [3.05, 3.63) is 83.4 Å². The molecule has 0 amide bonds. The summed E-state index contributed by atoms with van der Waals surface area (Å²) in [6.07, 6.45) is -0.311. The smallest absolute Gasteiger partial charge is 0.150 e. The van der Waals surface area contributed by atoms with Crippen LogP contribution >= 0.6 is 11.8 Å². The molecule has 0 aliphatic carbocycles. The SMILES string of the molecule is [2H]C1(c2ccc(SC3CN(CCC)C3)cc2)Oc2cc(O)ccc2C(C)=C1c1ccc(O)cc1. The van der Waals surface area contributed by atoms with Gasteiger partial charge in [0.15, 0.2) is 0 Å². The maximum absolute atomic E-state index is 10.0. The first-order valence-corrected chi connectivity index (χ1v) is 12.3. The average Bonchev–Trinajstić information content (AvgIpc) is 2.79. The van der Waals surface area contributed by atoms with Crippen LogP contribution in [0.4, 0.5) is 0 Å². The molecule has 1 fully saturated rings. The molecule has 3 aromatic carbocycles. The van der Waals surface area contributed by atoms with E-state index in [2.05, 4.69) is 24.0 Å². The third kappa shape index (κ3) is 4.48. The number of nitrogens with zero attached hydrogens (tertiary/aromatic N) is 1. The topological polar surface area (TPSA) is 52.9 Å². The standard InChI is InChI=1S/C28H29NO3S/c1-3-14-29-16-24(17-29)33-23-11-6-20(7-12-23)28-27(19-4-8-21(30)9-5-19)18(2)25-13-10-22(31)15-26(25)32-28/h4-13,15,24,28,30-31H,3,14,16-17H2,1-2H3/i28D.